The van der Waals surface area contributed by atoms with E-state index in [1.165, 1.54) is 0 Å². The third kappa shape index (κ3) is 2.53. The zero-order chi connectivity index (χ0) is 15.8. The molecule has 2 aromatic heterocycles. The van der Waals surface area contributed by atoms with Crippen molar-refractivity contribution in [3.63, 3.8) is 0 Å². The van der Waals surface area contributed by atoms with Gasteiger partial charge in [0.1, 0.15) is 12.1 Å². The van der Waals surface area contributed by atoms with Crippen LogP contribution in [0.15, 0.2) is 30.9 Å². The maximum absolute atomic E-state index is 12.6. The fourth-order valence-corrected chi connectivity index (χ4v) is 3.14. The second kappa shape index (κ2) is 5.58. The number of nitrogens with zero attached hydrogens (tertiary/aromatic N) is 5. The van der Waals surface area contributed by atoms with Crippen molar-refractivity contribution < 1.29 is 4.79 Å². The summed E-state index contributed by atoms with van der Waals surface area (Å²) in [5, 5.41) is 0. The summed E-state index contributed by atoms with van der Waals surface area (Å²) in [7, 11) is 0. The molecule has 118 valence electrons. The summed E-state index contributed by atoms with van der Waals surface area (Å²) in [5.74, 6) is 0.972. The lowest BCUT2D eigenvalue weighted by atomic mass is 10.0. The summed E-state index contributed by atoms with van der Waals surface area (Å²) >= 11 is 0. The van der Waals surface area contributed by atoms with E-state index in [0.29, 0.717) is 18.7 Å². The van der Waals surface area contributed by atoms with Crippen molar-refractivity contribution in [2.75, 3.05) is 24.5 Å². The number of aromatic nitrogens is 3. The first-order chi connectivity index (χ1) is 11.2. The van der Waals surface area contributed by atoms with Gasteiger partial charge in [0.05, 0.1) is 17.8 Å². The third-order valence-corrected chi connectivity index (χ3v) is 4.39. The number of pyridine rings is 1. The van der Waals surface area contributed by atoms with E-state index in [-0.39, 0.29) is 11.9 Å². The highest BCUT2D eigenvalue weighted by molar-refractivity contribution is 5.94. The van der Waals surface area contributed by atoms with Crippen molar-refractivity contribution in [1.29, 1.82) is 0 Å². The summed E-state index contributed by atoms with van der Waals surface area (Å²) in [4.78, 5) is 29.4. The van der Waals surface area contributed by atoms with Gasteiger partial charge in [0, 0.05) is 43.6 Å². The first-order valence-corrected chi connectivity index (χ1v) is 7.75. The molecule has 4 rings (SSSR count). The van der Waals surface area contributed by atoms with Gasteiger partial charge in [-0.3, -0.25) is 9.78 Å². The number of amides is 1. The van der Waals surface area contributed by atoms with Gasteiger partial charge in [0.25, 0.3) is 5.91 Å². The summed E-state index contributed by atoms with van der Waals surface area (Å²) < 4.78 is 0. The lowest BCUT2D eigenvalue weighted by Gasteiger charge is -2.40. The van der Waals surface area contributed by atoms with Crippen LogP contribution < -0.4 is 10.6 Å². The molecule has 0 radical (unpaired) electrons. The molecule has 0 saturated carbocycles. The molecule has 7 heteroatoms. The number of nitrogens with two attached hydrogens (primary N) is 1. The Hall–Kier alpha value is -2.54. The topological polar surface area (TPSA) is 88.2 Å². The molecule has 2 N–H and O–H groups in total. The number of anilines is 1. The predicted octanol–water partition coefficient (Wildman–Crippen LogP) is 0.217. The van der Waals surface area contributed by atoms with E-state index in [0.717, 1.165) is 36.6 Å². The zero-order valence-corrected chi connectivity index (χ0v) is 12.7. The molecule has 0 atom stereocenters. The molecule has 1 fully saturated rings. The predicted molar refractivity (Wildman–Crippen MR) is 84.9 cm³/mol. The minimum atomic E-state index is -0.00474. The van der Waals surface area contributed by atoms with Crippen LogP contribution in [0.3, 0.4) is 0 Å². The summed E-state index contributed by atoms with van der Waals surface area (Å²) in [6.45, 7) is 2.85. The third-order valence-electron chi connectivity index (χ3n) is 4.39. The van der Waals surface area contributed by atoms with Crippen molar-refractivity contribution in [3.8, 4) is 0 Å². The highest BCUT2D eigenvalue weighted by atomic mass is 16.2. The Morgan fingerprint density at radius 2 is 2.17 bits per heavy atom. The molecular formula is C16H18N6O. The average molecular weight is 310 g/mol. The highest BCUT2D eigenvalue weighted by Crippen LogP contribution is 2.28. The van der Waals surface area contributed by atoms with Gasteiger partial charge >= 0.3 is 0 Å². The molecule has 0 unspecified atom stereocenters. The standard InChI is InChI=1S/C16H18N6O/c17-12-7-22(8-12)15-13-3-5-21(9-14(13)19-10-20-15)16(23)11-2-1-4-18-6-11/h1-2,4,6,10,12H,3,5,7-9,17H2. The molecular weight excluding hydrogens is 292 g/mol. The van der Waals surface area contributed by atoms with Crippen molar-refractivity contribution in [3.05, 3.63) is 47.7 Å². The number of hydrogen-bond acceptors (Lipinski definition) is 6. The summed E-state index contributed by atoms with van der Waals surface area (Å²) in [6.07, 6.45) is 5.61. The Balaban J connectivity index is 1.56. The minimum Gasteiger partial charge on any atom is -0.353 e. The van der Waals surface area contributed by atoms with Crippen molar-refractivity contribution in [2.45, 2.75) is 19.0 Å². The van der Waals surface area contributed by atoms with Crippen LogP contribution in [0.1, 0.15) is 21.6 Å². The van der Waals surface area contributed by atoms with Gasteiger partial charge in [-0.2, -0.15) is 0 Å². The maximum atomic E-state index is 12.6. The minimum absolute atomic E-state index is 0.00474. The molecule has 23 heavy (non-hydrogen) atoms. The van der Waals surface area contributed by atoms with Gasteiger partial charge < -0.3 is 15.5 Å². The van der Waals surface area contributed by atoms with E-state index >= 15 is 0 Å². The van der Waals surface area contributed by atoms with Crippen LogP contribution >= 0.6 is 0 Å². The van der Waals surface area contributed by atoms with Gasteiger partial charge in [-0.25, -0.2) is 9.97 Å². The van der Waals surface area contributed by atoms with Crippen molar-refractivity contribution >= 4 is 11.7 Å². The molecule has 0 bridgehead atoms. The SMILES string of the molecule is NC1CN(c2ncnc3c2CCN(C(=O)c2cccnc2)C3)C1. The van der Waals surface area contributed by atoms with Crippen LogP contribution in [0.4, 0.5) is 5.82 Å². The molecule has 1 amide bonds. The van der Waals surface area contributed by atoms with Crippen LogP contribution in [0, 0.1) is 0 Å². The van der Waals surface area contributed by atoms with Gasteiger partial charge in [0.15, 0.2) is 0 Å². The largest absolute Gasteiger partial charge is 0.353 e. The van der Waals surface area contributed by atoms with E-state index in [1.807, 2.05) is 4.90 Å². The second-order valence-electron chi connectivity index (χ2n) is 6.01. The Morgan fingerprint density at radius 1 is 1.30 bits per heavy atom. The molecule has 0 aromatic carbocycles. The quantitative estimate of drug-likeness (QED) is 0.853. The second-order valence-corrected chi connectivity index (χ2v) is 6.01. The number of rotatable bonds is 2. The van der Waals surface area contributed by atoms with Crippen molar-refractivity contribution in [2.24, 2.45) is 5.73 Å². The van der Waals surface area contributed by atoms with Crippen LogP contribution in [0.2, 0.25) is 0 Å². The maximum Gasteiger partial charge on any atom is 0.255 e. The molecule has 7 nitrogen and oxygen atoms in total. The molecule has 1 saturated heterocycles. The monoisotopic (exact) mass is 310 g/mol. The van der Waals surface area contributed by atoms with E-state index in [1.54, 1.807) is 30.9 Å². The number of hydrogen-bond donors (Lipinski definition) is 1. The summed E-state index contributed by atoms with van der Waals surface area (Å²) in [6, 6.07) is 3.80. The Kier molecular flexibility index (Phi) is 3.42. The highest BCUT2D eigenvalue weighted by Gasteiger charge is 2.30. The Morgan fingerprint density at radius 3 is 2.91 bits per heavy atom. The zero-order valence-electron chi connectivity index (χ0n) is 12.7. The number of carbonyl (C=O) groups is 1. The van der Waals surface area contributed by atoms with Gasteiger partial charge in [-0.05, 0) is 18.6 Å². The lowest BCUT2D eigenvalue weighted by molar-refractivity contribution is 0.0731. The first kappa shape index (κ1) is 14.1. The molecule has 2 aliphatic heterocycles. The number of carbonyl (C=O) groups excluding carboxylic acids is 1. The van der Waals surface area contributed by atoms with Crippen LogP contribution in [0.25, 0.3) is 0 Å². The van der Waals surface area contributed by atoms with E-state index < -0.39 is 0 Å². The summed E-state index contributed by atoms with van der Waals surface area (Å²) in [5.41, 5.74) is 8.55. The molecule has 0 aliphatic carbocycles. The van der Waals surface area contributed by atoms with E-state index in [9.17, 15) is 4.79 Å². The van der Waals surface area contributed by atoms with Crippen LogP contribution in [0.5, 0.6) is 0 Å². The first-order valence-electron chi connectivity index (χ1n) is 7.75. The molecule has 2 aliphatic rings. The van der Waals surface area contributed by atoms with Crippen LogP contribution in [-0.4, -0.2) is 51.4 Å². The average Bonchev–Trinajstić information content (AvgIpc) is 2.58. The molecule has 0 spiro atoms. The fraction of sp³-hybridized carbons (Fsp3) is 0.375. The lowest BCUT2D eigenvalue weighted by Crippen LogP contribution is -2.56. The molecule has 2 aromatic rings. The van der Waals surface area contributed by atoms with E-state index in [4.69, 9.17) is 5.73 Å². The fourth-order valence-electron chi connectivity index (χ4n) is 3.14. The molecule has 4 heterocycles. The Bertz CT molecular complexity index is 729. The van der Waals surface area contributed by atoms with Crippen molar-refractivity contribution in [1.82, 2.24) is 19.9 Å². The van der Waals surface area contributed by atoms with Crippen LogP contribution in [-0.2, 0) is 13.0 Å². The number of fused-ring (bicyclic) bond motifs is 1. The van der Waals surface area contributed by atoms with Gasteiger partial charge in [-0.15, -0.1) is 0 Å². The normalized spacial score (nSPS) is 17.6. The van der Waals surface area contributed by atoms with E-state index in [2.05, 4.69) is 19.9 Å². The smallest absolute Gasteiger partial charge is 0.255 e. The Labute approximate surface area is 134 Å². The van der Waals surface area contributed by atoms with Gasteiger partial charge in [0.2, 0.25) is 0 Å². The van der Waals surface area contributed by atoms with Gasteiger partial charge in [-0.1, -0.05) is 0 Å².